The Bertz CT molecular complexity index is 1460. The summed E-state index contributed by atoms with van der Waals surface area (Å²) < 4.78 is 0. The monoisotopic (exact) mass is 592 g/mol. The van der Waals surface area contributed by atoms with Crippen LogP contribution in [0.3, 0.4) is 0 Å². The smallest absolute Gasteiger partial charge is 0.272 e. The summed E-state index contributed by atoms with van der Waals surface area (Å²) in [6.07, 6.45) is 0.614. The first-order chi connectivity index (χ1) is 21.4. The maximum Gasteiger partial charge on any atom is 0.272 e. The second-order valence-corrected chi connectivity index (χ2v) is 10.3. The molecule has 0 saturated heterocycles. The number of nitrogens with zero attached hydrogens (tertiary/aromatic N) is 3. The van der Waals surface area contributed by atoms with E-state index in [0.29, 0.717) is 6.42 Å². The van der Waals surface area contributed by atoms with Gasteiger partial charge in [0.05, 0.1) is 5.92 Å². The van der Waals surface area contributed by atoms with Crippen LogP contribution in [0.1, 0.15) is 46.9 Å². The molecule has 0 spiro atoms. The predicted octanol–water partition coefficient (Wildman–Crippen LogP) is 4.21. The van der Waals surface area contributed by atoms with Crippen LogP contribution in [0.15, 0.2) is 126 Å². The fourth-order valence-corrected chi connectivity index (χ4v) is 5.34. The van der Waals surface area contributed by atoms with Gasteiger partial charge in [-0.3, -0.25) is 14.9 Å². The summed E-state index contributed by atoms with van der Waals surface area (Å²) in [5, 5.41) is 15.3. The fraction of sp³-hybridized carbons (Fsp3) is 0.206. The van der Waals surface area contributed by atoms with Gasteiger partial charge in [-0.2, -0.15) is 0 Å². The highest BCUT2D eigenvalue weighted by molar-refractivity contribution is 6.00. The number of rotatable bonds is 13. The number of hydrogen-bond donors (Lipinski definition) is 3. The van der Waals surface area contributed by atoms with E-state index < -0.39 is 28.9 Å². The number of nitro groups is 1. The van der Waals surface area contributed by atoms with Crippen molar-refractivity contribution in [3.8, 4) is 0 Å². The maximum atomic E-state index is 15.0. The summed E-state index contributed by atoms with van der Waals surface area (Å²) in [6.45, 7) is 0.407. The zero-order valence-electron chi connectivity index (χ0n) is 24.2. The second kappa shape index (κ2) is 15.8. The molecule has 10 heteroatoms. The van der Waals surface area contributed by atoms with Crippen LogP contribution in [0.25, 0.3) is 0 Å². The molecule has 0 aliphatic heterocycles. The van der Waals surface area contributed by atoms with Crippen LogP contribution in [0.2, 0.25) is 0 Å². The lowest BCUT2D eigenvalue weighted by atomic mass is 9.86. The zero-order valence-corrected chi connectivity index (χ0v) is 24.2. The van der Waals surface area contributed by atoms with Crippen molar-refractivity contribution in [2.45, 2.75) is 30.7 Å². The molecule has 0 aliphatic carbocycles. The van der Waals surface area contributed by atoms with Crippen molar-refractivity contribution in [2.75, 3.05) is 13.1 Å². The number of guanidine groups is 1. The summed E-state index contributed by atoms with van der Waals surface area (Å²) in [7, 11) is 0. The van der Waals surface area contributed by atoms with Gasteiger partial charge in [-0.15, -0.1) is 0 Å². The van der Waals surface area contributed by atoms with E-state index in [0.717, 1.165) is 22.3 Å². The minimum absolute atomic E-state index is 0.137. The van der Waals surface area contributed by atoms with Gasteiger partial charge >= 0.3 is 0 Å². The van der Waals surface area contributed by atoms with Crippen LogP contribution >= 0.6 is 0 Å². The molecule has 44 heavy (non-hydrogen) atoms. The van der Waals surface area contributed by atoms with Crippen molar-refractivity contribution in [3.63, 3.8) is 0 Å². The van der Waals surface area contributed by atoms with E-state index in [2.05, 4.69) is 10.4 Å². The molecule has 4 aromatic carbocycles. The largest absolute Gasteiger partial charge is 0.364 e. The van der Waals surface area contributed by atoms with Crippen molar-refractivity contribution < 1.29 is 14.6 Å². The lowest BCUT2D eigenvalue weighted by Crippen LogP contribution is -2.54. The molecule has 4 rings (SSSR count). The van der Waals surface area contributed by atoms with Crippen molar-refractivity contribution in [2.24, 2.45) is 16.6 Å². The highest BCUT2D eigenvalue weighted by atomic mass is 16.7. The molecule has 1 atom stereocenters. The third-order valence-electron chi connectivity index (χ3n) is 7.38. The third-order valence-corrected chi connectivity index (χ3v) is 7.38. The summed E-state index contributed by atoms with van der Waals surface area (Å²) in [6, 6.07) is 37.2. The number of nitrogens with one attached hydrogen (secondary N) is 1. The average Bonchev–Trinajstić information content (AvgIpc) is 3.04. The van der Waals surface area contributed by atoms with Crippen molar-refractivity contribution in [1.82, 2.24) is 10.2 Å². The SMILES string of the molecule is NCCC[C@@H](C(=O)NC(N)=N[N+](=O)[O-])N(CC(c1ccccc1)c1ccccc1)C(=O)C(c1ccccc1)c1ccccc1. The molecule has 0 unspecified atom stereocenters. The number of benzene rings is 4. The van der Waals surface area contributed by atoms with Crippen molar-refractivity contribution in [1.29, 1.82) is 0 Å². The van der Waals surface area contributed by atoms with Gasteiger partial charge in [0, 0.05) is 12.5 Å². The van der Waals surface area contributed by atoms with Crippen LogP contribution in [-0.4, -0.2) is 46.8 Å². The van der Waals surface area contributed by atoms with Gasteiger partial charge < -0.3 is 16.4 Å². The number of hydrogen-bond acceptors (Lipinski definition) is 5. The molecule has 0 heterocycles. The van der Waals surface area contributed by atoms with Crippen LogP contribution in [0, 0.1) is 10.1 Å². The Labute approximate surface area is 256 Å². The van der Waals surface area contributed by atoms with Crippen molar-refractivity contribution >= 4 is 17.8 Å². The maximum absolute atomic E-state index is 15.0. The van der Waals surface area contributed by atoms with Gasteiger partial charge in [0.25, 0.3) is 5.96 Å². The van der Waals surface area contributed by atoms with Crippen LogP contribution in [0.5, 0.6) is 0 Å². The van der Waals surface area contributed by atoms with E-state index in [1.165, 1.54) is 0 Å². The Morgan fingerprint density at radius 2 is 1.20 bits per heavy atom. The molecule has 226 valence electrons. The molecule has 10 nitrogen and oxygen atoms in total. The molecule has 5 N–H and O–H groups in total. The molecule has 4 aromatic rings. The summed E-state index contributed by atoms with van der Waals surface area (Å²) in [5.41, 5.74) is 15.0. The van der Waals surface area contributed by atoms with E-state index in [4.69, 9.17) is 11.5 Å². The minimum Gasteiger partial charge on any atom is -0.364 e. The van der Waals surface area contributed by atoms with Gasteiger partial charge in [0.1, 0.15) is 11.1 Å². The first-order valence-electron chi connectivity index (χ1n) is 14.4. The quantitative estimate of drug-likeness (QED) is 0.0914. The van der Waals surface area contributed by atoms with E-state index in [1.54, 1.807) is 4.90 Å². The Hall–Kier alpha value is -5.35. The standard InChI is InChI=1S/C34H36N6O4/c35-23-13-22-30(32(41)37-34(36)38-40(43)44)39(24-29(25-14-5-1-6-15-25)26-16-7-2-8-17-26)33(42)31(27-18-9-3-10-19-27)28-20-11-4-12-21-28/h1-12,14-21,29-31H,13,22-24,35H2,(H3,36,37,38,41)/t30-/m0/s1. The predicted molar refractivity (Wildman–Crippen MR) is 170 cm³/mol. The first-order valence-corrected chi connectivity index (χ1v) is 14.4. The molecule has 0 saturated carbocycles. The normalized spacial score (nSPS) is 12.1. The number of carbonyl (C=O) groups excluding carboxylic acids is 2. The molecule has 0 fully saturated rings. The van der Waals surface area contributed by atoms with Crippen molar-refractivity contribution in [3.05, 3.63) is 154 Å². The highest BCUT2D eigenvalue weighted by Gasteiger charge is 2.37. The molecular formula is C34H36N6O4. The third kappa shape index (κ3) is 8.36. The van der Waals surface area contributed by atoms with E-state index >= 15 is 0 Å². The fourth-order valence-electron chi connectivity index (χ4n) is 5.34. The molecule has 0 aromatic heterocycles. The summed E-state index contributed by atoms with van der Waals surface area (Å²) >= 11 is 0. The number of nitrogens with two attached hydrogens (primary N) is 2. The zero-order chi connectivity index (χ0) is 31.3. The molecule has 0 radical (unpaired) electrons. The molecule has 0 bridgehead atoms. The van der Waals surface area contributed by atoms with E-state index in [9.17, 15) is 19.7 Å². The first kappa shape index (κ1) is 31.6. The molecular weight excluding hydrogens is 556 g/mol. The van der Waals surface area contributed by atoms with Gasteiger partial charge in [-0.05, 0) is 41.6 Å². The van der Waals surface area contributed by atoms with Gasteiger partial charge in [0.15, 0.2) is 5.03 Å². The average molecular weight is 593 g/mol. The molecule has 2 amide bonds. The lowest BCUT2D eigenvalue weighted by molar-refractivity contribution is -0.485. The van der Waals surface area contributed by atoms with Crippen LogP contribution < -0.4 is 16.8 Å². The number of amides is 2. The van der Waals surface area contributed by atoms with Gasteiger partial charge in [0.2, 0.25) is 11.8 Å². The topological polar surface area (TPSA) is 157 Å². The number of carbonyl (C=O) groups is 2. The Morgan fingerprint density at radius 1 is 0.773 bits per heavy atom. The Morgan fingerprint density at radius 3 is 1.61 bits per heavy atom. The lowest BCUT2D eigenvalue weighted by Gasteiger charge is -2.37. The Balaban J connectivity index is 1.87. The van der Waals surface area contributed by atoms with Crippen LogP contribution in [0.4, 0.5) is 0 Å². The van der Waals surface area contributed by atoms with E-state index in [1.807, 2.05) is 121 Å². The summed E-state index contributed by atoms with van der Waals surface area (Å²) in [5.74, 6) is -2.69. The highest BCUT2D eigenvalue weighted by Crippen LogP contribution is 2.32. The molecule has 0 aliphatic rings. The van der Waals surface area contributed by atoms with E-state index in [-0.39, 0.29) is 31.3 Å². The summed E-state index contributed by atoms with van der Waals surface area (Å²) in [4.78, 5) is 41.3. The minimum atomic E-state index is -1.06. The Kier molecular flexibility index (Phi) is 11.3. The second-order valence-electron chi connectivity index (χ2n) is 10.3. The van der Waals surface area contributed by atoms with Gasteiger partial charge in [-0.25, -0.2) is 10.1 Å². The van der Waals surface area contributed by atoms with Crippen LogP contribution in [-0.2, 0) is 9.59 Å². The number of hydrazone groups is 1. The van der Waals surface area contributed by atoms with Gasteiger partial charge in [-0.1, -0.05) is 121 Å².